The van der Waals surface area contributed by atoms with E-state index in [1.807, 2.05) is 0 Å². The number of benzene rings is 1. The average Bonchev–Trinajstić information content (AvgIpc) is 2.78. The minimum Gasteiger partial charge on any atom is -0.395 e. The van der Waals surface area contributed by atoms with Gasteiger partial charge in [0.25, 0.3) is 0 Å². The third kappa shape index (κ3) is 3.06. The largest absolute Gasteiger partial charge is 0.395 e. The zero-order valence-electron chi connectivity index (χ0n) is 10.9. The Morgan fingerprint density at radius 1 is 1.37 bits per heavy atom. The zero-order chi connectivity index (χ0) is 14.1. The first-order valence-electron chi connectivity index (χ1n) is 6.38. The third-order valence-corrected chi connectivity index (χ3v) is 5.26. The Balaban J connectivity index is 2.16. The molecule has 2 rings (SSSR count). The Hall–Kier alpha value is -1.14. The normalized spacial score (nSPS) is 18.6. The van der Waals surface area contributed by atoms with Crippen LogP contribution in [0.25, 0.3) is 0 Å². The minimum absolute atomic E-state index is 0.00480. The second-order valence-corrected chi connectivity index (χ2v) is 7.23. The van der Waals surface area contributed by atoms with Crippen molar-refractivity contribution in [2.45, 2.75) is 37.5 Å². The third-order valence-electron chi connectivity index (χ3n) is 3.80. The van der Waals surface area contributed by atoms with Crippen LogP contribution in [0.2, 0.25) is 0 Å². The highest BCUT2D eigenvalue weighted by Gasteiger charge is 2.30. The van der Waals surface area contributed by atoms with Crippen molar-refractivity contribution in [2.75, 3.05) is 12.3 Å². The van der Waals surface area contributed by atoms with Gasteiger partial charge in [-0.15, -0.1) is 0 Å². The number of hydrogen-bond acceptors (Lipinski definition) is 3. The summed E-state index contributed by atoms with van der Waals surface area (Å²) in [4.78, 5) is -0.186. The lowest BCUT2D eigenvalue weighted by Gasteiger charge is -2.23. The molecule has 0 aliphatic heterocycles. The molecule has 3 N–H and O–H groups in total. The molecule has 0 heterocycles. The van der Waals surface area contributed by atoms with E-state index in [0.717, 1.165) is 31.7 Å². The first-order valence-corrected chi connectivity index (χ1v) is 7.86. The van der Waals surface area contributed by atoms with Gasteiger partial charge in [0.2, 0.25) is 10.0 Å². The summed E-state index contributed by atoms with van der Waals surface area (Å²) in [6.07, 6.45) is 4.27. The molecule has 106 valence electrons. The van der Waals surface area contributed by atoms with Gasteiger partial charge in [-0.25, -0.2) is 17.5 Å². The summed E-state index contributed by atoms with van der Waals surface area (Å²) < 4.78 is 40.2. The highest BCUT2D eigenvalue weighted by Crippen LogP contribution is 2.37. The van der Waals surface area contributed by atoms with E-state index in [1.165, 1.54) is 12.1 Å². The number of nitrogens with two attached hydrogens (primary N) is 1. The summed E-state index contributed by atoms with van der Waals surface area (Å²) >= 11 is 0. The molecule has 1 saturated carbocycles. The van der Waals surface area contributed by atoms with Crippen LogP contribution in [0.1, 0.15) is 32.6 Å². The van der Waals surface area contributed by atoms with Gasteiger partial charge >= 0.3 is 0 Å². The van der Waals surface area contributed by atoms with Crippen LogP contribution in [-0.4, -0.2) is 15.0 Å². The van der Waals surface area contributed by atoms with E-state index in [0.29, 0.717) is 6.54 Å². The summed E-state index contributed by atoms with van der Waals surface area (Å²) in [5.41, 5.74) is 5.16. The molecule has 6 heteroatoms. The van der Waals surface area contributed by atoms with Crippen LogP contribution in [0.15, 0.2) is 23.1 Å². The lowest BCUT2D eigenvalue weighted by Crippen LogP contribution is -2.34. The molecule has 19 heavy (non-hydrogen) atoms. The number of hydrogen-bond donors (Lipinski definition) is 2. The molecule has 0 bridgehead atoms. The predicted octanol–water partition coefficient (Wildman–Crippen LogP) is 2.27. The van der Waals surface area contributed by atoms with Crippen LogP contribution < -0.4 is 10.5 Å². The lowest BCUT2D eigenvalue weighted by atomic mass is 9.89. The van der Waals surface area contributed by atoms with Gasteiger partial charge in [-0.1, -0.05) is 25.8 Å². The molecular formula is C13H19FN2O2S. The van der Waals surface area contributed by atoms with Gasteiger partial charge in [0.1, 0.15) is 10.7 Å². The first kappa shape index (κ1) is 14.3. The molecule has 1 fully saturated rings. The van der Waals surface area contributed by atoms with Crippen molar-refractivity contribution in [1.82, 2.24) is 4.72 Å². The molecule has 1 aromatic carbocycles. The van der Waals surface area contributed by atoms with Crippen LogP contribution >= 0.6 is 0 Å². The molecule has 0 atom stereocenters. The fourth-order valence-electron chi connectivity index (χ4n) is 2.50. The standard InChI is InChI=1S/C13H19FN2O2S/c1-13(7-2-3-8-13)9-16-19(17,18)11-6-4-5-10(14)12(11)15/h4-6,16H,2-3,7-9,15H2,1H3. The second-order valence-electron chi connectivity index (χ2n) is 5.49. The SMILES string of the molecule is CC1(CNS(=O)(=O)c2cccc(F)c2N)CCCC1. The average molecular weight is 286 g/mol. The smallest absolute Gasteiger partial charge is 0.242 e. The highest BCUT2D eigenvalue weighted by molar-refractivity contribution is 7.89. The van der Waals surface area contributed by atoms with Gasteiger partial charge in [-0.05, 0) is 30.4 Å². The van der Waals surface area contributed by atoms with Crippen molar-refractivity contribution in [3.63, 3.8) is 0 Å². The van der Waals surface area contributed by atoms with Crippen LogP contribution in [-0.2, 0) is 10.0 Å². The Morgan fingerprint density at radius 2 is 2.00 bits per heavy atom. The Kier molecular flexibility index (Phi) is 3.82. The van der Waals surface area contributed by atoms with E-state index < -0.39 is 15.8 Å². The van der Waals surface area contributed by atoms with E-state index >= 15 is 0 Å². The molecule has 0 spiro atoms. The number of nitrogens with one attached hydrogen (secondary N) is 1. The Bertz CT molecular complexity index is 566. The van der Waals surface area contributed by atoms with Crippen LogP contribution in [0.3, 0.4) is 0 Å². The van der Waals surface area contributed by atoms with Crippen LogP contribution in [0.4, 0.5) is 10.1 Å². The number of anilines is 1. The molecule has 0 aromatic heterocycles. The van der Waals surface area contributed by atoms with Crippen molar-refractivity contribution in [2.24, 2.45) is 5.41 Å². The number of halogens is 1. The quantitative estimate of drug-likeness (QED) is 0.834. The van der Waals surface area contributed by atoms with Crippen molar-refractivity contribution in [1.29, 1.82) is 0 Å². The van der Waals surface area contributed by atoms with E-state index in [-0.39, 0.29) is 16.0 Å². The van der Waals surface area contributed by atoms with Gasteiger partial charge in [0, 0.05) is 6.54 Å². The number of sulfonamides is 1. The fourth-order valence-corrected chi connectivity index (χ4v) is 3.84. The first-order chi connectivity index (χ1) is 8.84. The number of rotatable bonds is 4. The second kappa shape index (κ2) is 5.09. The van der Waals surface area contributed by atoms with Gasteiger partial charge in [-0.3, -0.25) is 0 Å². The monoisotopic (exact) mass is 286 g/mol. The maximum absolute atomic E-state index is 13.3. The van der Waals surface area contributed by atoms with E-state index in [4.69, 9.17) is 5.73 Å². The Labute approximate surface area is 113 Å². The molecule has 0 unspecified atom stereocenters. The van der Waals surface area contributed by atoms with Gasteiger partial charge in [0.15, 0.2) is 0 Å². The summed E-state index contributed by atoms with van der Waals surface area (Å²) in [7, 11) is -3.75. The summed E-state index contributed by atoms with van der Waals surface area (Å²) in [5.74, 6) is -0.713. The summed E-state index contributed by atoms with van der Waals surface area (Å²) in [6, 6.07) is 3.81. The zero-order valence-corrected chi connectivity index (χ0v) is 11.8. The Morgan fingerprint density at radius 3 is 2.63 bits per heavy atom. The van der Waals surface area contributed by atoms with Gasteiger partial charge < -0.3 is 5.73 Å². The number of para-hydroxylation sites is 1. The molecule has 0 radical (unpaired) electrons. The molecule has 0 amide bonds. The molecule has 0 saturated heterocycles. The molecule has 1 aliphatic rings. The van der Waals surface area contributed by atoms with Gasteiger partial charge in [0.05, 0.1) is 5.69 Å². The molecular weight excluding hydrogens is 267 g/mol. The summed E-state index contributed by atoms with van der Waals surface area (Å²) in [6.45, 7) is 2.43. The van der Waals surface area contributed by atoms with Crippen molar-refractivity contribution < 1.29 is 12.8 Å². The van der Waals surface area contributed by atoms with Crippen LogP contribution in [0, 0.1) is 11.2 Å². The maximum Gasteiger partial charge on any atom is 0.242 e. The van der Waals surface area contributed by atoms with Crippen molar-refractivity contribution in [3.8, 4) is 0 Å². The van der Waals surface area contributed by atoms with E-state index in [2.05, 4.69) is 11.6 Å². The molecule has 1 aliphatic carbocycles. The fraction of sp³-hybridized carbons (Fsp3) is 0.538. The van der Waals surface area contributed by atoms with Gasteiger partial charge in [-0.2, -0.15) is 0 Å². The number of nitrogen functional groups attached to an aromatic ring is 1. The lowest BCUT2D eigenvalue weighted by molar-refractivity contribution is 0.336. The van der Waals surface area contributed by atoms with Crippen LogP contribution in [0.5, 0.6) is 0 Å². The maximum atomic E-state index is 13.3. The van der Waals surface area contributed by atoms with E-state index in [1.54, 1.807) is 0 Å². The summed E-state index contributed by atoms with van der Waals surface area (Å²) in [5, 5.41) is 0. The molecule has 1 aromatic rings. The van der Waals surface area contributed by atoms with Crippen molar-refractivity contribution in [3.05, 3.63) is 24.0 Å². The topological polar surface area (TPSA) is 72.2 Å². The molecule has 4 nitrogen and oxygen atoms in total. The predicted molar refractivity (Wildman–Crippen MR) is 72.6 cm³/mol. The van der Waals surface area contributed by atoms with E-state index in [9.17, 15) is 12.8 Å². The minimum atomic E-state index is -3.75. The van der Waals surface area contributed by atoms with Crippen molar-refractivity contribution >= 4 is 15.7 Å². The highest BCUT2D eigenvalue weighted by atomic mass is 32.2.